The molecule has 12 rings (SSSR count). The summed E-state index contributed by atoms with van der Waals surface area (Å²) in [5.41, 5.74) is 17.3. The maximum absolute atomic E-state index is 2.46. The van der Waals surface area contributed by atoms with Gasteiger partial charge in [0.2, 0.25) is 0 Å². The molecule has 0 aliphatic carbocycles. The van der Waals surface area contributed by atoms with Gasteiger partial charge in [-0.05, 0) is 101 Å². The third-order valence-corrected chi connectivity index (χ3v) is 12.5. The van der Waals surface area contributed by atoms with Gasteiger partial charge in [-0.3, -0.25) is 0 Å². The highest BCUT2D eigenvalue weighted by atomic mass is 15.1. The largest absolute Gasteiger partial charge is 0.310 e. The number of rotatable bonds is 8. The van der Waals surface area contributed by atoms with E-state index >= 15 is 0 Å². The lowest BCUT2D eigenvalue weighted by Gasteiger charge is -2.29. The number of benzene rings is 10. The Kier molecular flexibility index (Phi) is 8.83. The van der Waals surface area contributed by atoms with E-state index in [9.17, 15) is 0 Å². The Bertz CT molecular complexity index is 3580. The van der Waals surface area contributed by atoms with Crippen LogP contribution in [0.1, 0.15) is 0 Å². The second kappa shape index (κ2) is 15.3. The Hall–Kier alpha value is -8.40. The molecule has 2 aromatic heterocycles. The monoisotopic (exact) mass is 803 g/mol. The SMILES string of the molecule is c1ccc(-c2ccccc2-c2ccccc2-c2ccccc2N(c2cccc(-n3c4ccccc4c4ccccc43)c2)c2ccc3c(c2)c2ccccc2n3-c2ccccc2)cc1. The first-order valence-electron chi connectivity index (χ1n) is 21.6. The van der Waals surface area contributed by atoms with Gasteiger partial charge in [0.1, 0.15) is 0 Å². The molecule has 0 amide bonds. The van der Waals surface area contributed by atoms with Gasteiger partial charge in [-0.2, -0.15) is 0 Å². The van der Waals surface area contributed by atoms with Gasteiger partial charge in [0, 0.05) is 49.9 Å². The Labute approximate surface area is 366 Å². The molecular formula is C60H41N3. The van der Waals surface area contributed by atoms with Crippen molar-refractivity contribution in [2.75, 3.05) is 4.90 Å². The van der Waals surface area contributed by atoms with Crippen LogP contribution < -0.4 is 4.90 Å². The number of para-hydroxylation sites is 5. The molecule has 0 saturated carbocycles. The van der Waals surface area contributed by atoms with Crippen molar-refractivity contribution in [1.82, 2.24) is 9.13 Å². The molecule has 0 N–H and O–H groups in total. The van der Waals surface area contributed by atoms with Crippen LogP contribution in [-0.2, 0) is 0 Å². The molecule has 0 radical (unpaired) electrons. The summed E-state index contributed by atoms with van der Waals surface area (Å²) in [6.07, 6.45) is 0. The Morgan fingerprint density at radius 3 is 1.33 bits per heavy atom. The summed E-state index contributed by atoms with van der Waals surface area (Å²) >= 11 is 0. The van der Waals surface area contributed by atoms with Gasteiger partial charge >= 0.3 is 0 Å². The van der Waals surface area contributed by atoms with Gasteiger partial charge in [-0.25, -0.2) is 0 Å². The molecule has 0 aliphatic rings. The first-order chi connectivity index (χ1) is 31.3. The molecule has 0 atom stereocenters. The fourth-order valence-electron chi connectivity index (χ4n) is 9.79. The van der Waals surface area contributed by atoms with E-state index in [0.717, 1.165) is 34.0 Å². The quantitative estimate of drug-likeness (QED) is 0.149. The van der Waals surface area contributed by atoms with Crippen molar-refractivity contribution in [3.05, 3.63) is 249 Å². The molecule has 0 saturated heterocycles. The minimum absolute atomic E-state index is 1.06. The zero-order valence-corrected chi connectivity index (χ0v) is 34.5. The summed E-state index contributed by atoms with van der Waals surface area (Å²) in [6.45, 7) is 0. The van der Waals surface area contributed by atoms with Gasteiger partial charge in [0.25, 0.3) is 0 Å². The number of anilines is 3. The van der Waals surface area contributed by atoms with E-state index in [0.29, 0.717) is 0 Å². The van der Waals surface area contributed by atoms with Gasteiger partial charge in [-0.15, -0.1) is 0 Å². The Morgan fingerprint density at radius 2 is 0.683 bits per heavy atom. The molecule has 3 nitrogen and oxygen atoms in total. The number of fused-ring (bicyclic) bond motifs is 6. The van der Waals surface area contributed by atoms with Crippen LogP contribution in [0.15, 0.2) is 249 Å². The van der Waals surface area contributed by atoms with Crippen molar-refractivity contribution in [1.29, 1.82) is 0 Å². The molecule has 63 heavy (non-hydrogen) atoms. The fraction of sp³-hybridized carbons (Fsp3) is 0. The lowest BCUT2D eigenvalue weighted by molar-refractivity contribution is 1.17. The smallest absolute Gasteiger partial charge is 0.0542 e. The maximum atomic E-state index is 2.46. The second-order valence-electron chi connectivity index (χ2n) is 16.1. The van der Waals surface area contributed by atoms with Crippen molar-refractivity contribution < 1.29 is 0 Å². The second-order valence-corrected chi connectivity index (χ2v) is 16.1. The zero-order chi connectivity index (χ0) is 41.7. The molecule has 0 spiro atoms. The van der Waals surface area contributed by atoms with E-state index in [1.807, 2.05) is 0 Å². The summed E-state index contributed by atoms with van der Waals surface area (Å²) in [6, 6.07) is 90.2. The zero-order valence-electron chi connectivity index (χ0n) is 34.5. The normalized spacial score (nSPS) is 11.5. The summed E-state index contributed by atoms with van der Waals surface area (Å²) in [4.78, 5) is 2.46. The van der Waals surface area contributed by atoms with Crippen LogP contribution in [0.4, 0.5) is 17.1 Å². The average molecular weight is 804 g/mol. The van der Waals surface area contributed by atoms with Crippen LogP contribution in [0.3, 0.4) is 0 Å². The lowest BCUT2D eigenvalue weighted by Crippen LogP contribution is -2.12. The van der Waals surface area contributed by atoms with Crippen molar-refractivity contribution in [3.8, 4) is 44.8 Å². The molecule has 0 fully saturated rings. The molecule has 0 bridgehead atoms. The van der Waals surface area contributed by atoms with Crippen LogP contribution in [0.2, 0.25) is 0 Å². The van der Waals surface area contributed by atoms with Crippen molar-refractivity contribution in [3.63, 3.8) is 0 Å². The maximum Gasteiger partial charge on any atom is 0.0542 e. The minimum Gasteiger partial charge on any atom is -0.310 e. The minimum atomic E-state index is 1.06. The molecule has 0 unspecified atom stereocenters. The van der Waals surface area contributed by atoms with Crippen LogP contribution in [-0.4, -0.2) is 9.13 Å². The van der Waals surface area contributed by atoms with Gasteiger partial charge in [0.05, 0.1) is 27.8 Å². The predicted octanol–water partition coefficient (Wildman–Crippen LogP) is 16.4. The molecule has 10 aromatic carbocycles. The Balaban J connectivity index is 1.11. The highest BCUT2D eigenvalue weighted by Crippen LogP contribution is 2.47. The topological polar surface area (TPSA) is 13.1 Å². The van der Waals surface area contributed by atoms with E-state index in [2.05, 4.69) is 263 Å². The standard InChI is InChI=1S/C60H41N3/c1-3-20-42(21-4-1)47-26-7-8-27-48(47)49-28-9-10-29-50(49)51-30-11-15-34-56(51)61(44-24-19-25-45(40-44)63-57-35-16-12-31-52(57)53-32-13-17-36-58(53)63)46-38-39-60-55(41-46)54-33-14-18-37-59(54)62(60)43-22-5-2-6-23-43/h1-41H. The Morgan fingerprint density at radius 1 is 0.254 bits per heavy atom. The van der Waals surface area contributed by atoms with E-state index in [-0.39, 0.29) is 0 Å². The van der Waals surface area contributed by atoms with Gasteiger partial charge in [-0.1, -0.05) is 176 Å². The van der Waals surface area contributed by atoms with Gasteiger partial charge in [0.15, 0.2) is 0 Å². The lowest BCUT2D eigenvalue weighted by atomic mass is 9.88. The van der Waals surface area contributed by atoms with E-state index in [4.69, 9.17) is 0 Å². The van der Waals surface area contributed by atoms with Crippen LogP contribution >= 0.6 is 0 Å². The van der Waals surface area contributed by atoms with Crippen molar-refractivity contribution in [2.24, 2.45) is 0 Å². The number of aromatic nitrogens is 2. The molecule has 12 aromatic rings. The van der Waals surface area contributed by atoms with Gasteiger partial charge < -0.3 is 14.0 Å². The average Bonchev–Trinajstić information content (AvgIpc) is 3.88. The number of hydrogen-bond donors (Lipinski definition) is 0. The first-order valence-corrected chi connectivity index (χ1v) is 21.6. The number of nitrogens with zero attached hydrogens (tertiary/aromatic N) is 3. The van der Waals surface area contributed by atoms with Crippen molar-refractivity contribution in [2.45, 2.75) is 0 Å². The predicted molar refractivity (Wildman–Crippen MR) is 266 cm³/mol. The first kappa shape index (κ1) is 36.5. The van der Waals surface area contributed by atoms with Crippen molar-refractivity contribution >= 4 is 60.7 Å². The van der Waals surface area contributed by atoms with Crippen LogP contribution in [0.25, 0.3) is 88.4 Å². The fourth-order valence-corrected chi connectivity index (χ4v) is 9.79. The van der Waals surface area contributed by atoms with Crippen LogP contribution in [0, 0.1) is 0 Å². The van der Waals surface area contributed by atoms with E-state index < -0.39 is 0 Å². The molecular weight excluding hydrogens is 763 g/mol. The molecule has 3 heteroatoms. The van der Waals surface area contributed by atoms with Crippen LogP contribution in [0.5, 0.6) is 0 Å². The third-order valence-electron chi connectivity index (χ3n) is 12.5. The third kappa shape index (κ3) is 6.13. The van der Waals surface area contributed by atoms with E-state index in [1.54, 1.807) is 0 Å². The molecule has 2 heterocycles. The molecule has 296 valence electrons. The summed E-state index contributed by atoms with van der Waals surface area (Å²) < 4.78 is 4.79. The summed E-state index contributed by atoms with van der Waals surface area (Å²) in [7, 11) is 0. The summed E-state index contributed by atoms with van der Waals surface area (Å²) in [5, 5.41) is 4.90. The van der Waals surface area contributed by atoms with E-state index in [1.165, 1.54) is 71.4 Å². The highest BCUT2D eigenvalue weighted by molar-refractivity contribution is 6.12. The molecule has 0 aliphatic heterocycles. The highest BCUT2D eigenvalue weighted by Gasteiger charge is 2.23. The number of hydrogen-bond acceptors (Lipinski definition) is 1. The summed E-state index contributed by atoms with van der Waals surface area (Å²) in [5.74, 6) is 0.